The Balaban J connectivity index is 1.43. The van der Waals surface area contributed by atoms with Crippen molar-refractivity contribution >= 4 is 23.2 Å². The number of aliphatic imine (C=N–C) groups is 2. The highest BCUT2D eigenvalue weighted by molar-refractivity contribution is 5.92. The van der Waals surface area contributed by atoms with Gasteiger partial charge in [-0.3, -0.25) is 0 Å². The van der Waals surface area contributed by atoms with Gasteiger partial charge in [-0.2, -0.15) is 0 Å². The van der Waals surface area contributed by atoms with Crippen molar-refractivity contribution in [1.82, 2.24) is 9.13 Å². The summed E-state index contributed by atoms with van der Waals surface area (Å²) < 4.78 is 20.3. The Labute approximate surface area is 275 Å². The summed E-state index contributed by atoms with van der Waals surface area (Å²) in [5.41, 5.74) is 4.44. The van der Waals surface area contributed by atoms with E-state index < -0.39 is 0 Å². The molecule has 1 aliphatic rings. The van der Waals surface area contributed by atoms with E-state index in [0.717, 1.165) is 74.6 Å². The highest BCUT2D eigenvalue weighted by Crippen LogP contribution is 2.45. The monoisotopic (exact) mass is 624 g/mol. The average Bonchev–Trinajstić information content (AvgIpc) is 3.65. The van der Waals surface area contributed by atoms with Crippen LogP contribution in [0.4, 0.5) is 11.4 Å². The number of benzene rings is 2. The molecule has 0 aliphatic heterocycles. The number of imidazole rings is 2. The molecule has 0 saturated heterocycles. The van der Waals surface area contributed by atoms with Gasteiger partial charge in [0.1, 0.15) is 24.8 Å². The molecule has 4 aromatic rings. The van der Waals surface area contributed by atoms with E-state index in [4.69, 9.17) is 19.5 Å². The van der Waals surface area contributed by atoms with Gasteiger partial charge in [0.05, 0.1) is 52.8 Å². The lowest BCUT2D eigenvalue weighted by atomic mass is 9.65. The van der Waals surface area contributed by atoms with Crippen LogP contribution in [0.15, 0.2) is 83.3 Å². The third-order valence-electron chi connectivity index (χ3n) is 9.44. The van der Waals surface area contributed by atoms with Crippen molar-refractivity contribution in [2.24, 2.45) is 24.1 Å². The number of methoxy groups -OCH3 is 2. The molecule has 2 heterocycles. The number of hydrogen-bond acceptors (Lipinski definition) is 4. The van der Waals surface area contributed by atoms with E-state index in [2.05, 4.69) is 105 Å². The van der Waals surface area contributed by atoms with Crippen LogP contribution >= 0.6 is 0 Å². The Morgan fingerprint density at radius 3 is 1.46 bits per heavy atom. The number of unbranched alkanes of at least 4 members (excludes halogenated alkanes) is 2. The van der Waals surface area contributed by atoms with Crippen molar-refractivity contribution in [3.05, 3.63) is 96.1 Å². The molecule has 1 saturated carbocycles. The molecule has 1 aliphatic carbocycles. The lowest BCUT2D eigenvalue weighted by Gasteiger charge is -2.38. The Morgan fingerprint density at radius 1 is 0.674 bits per heavy atom. The fourth-order valence-electron chi connectivity index (χ4n) is 6.83. The Kier molecular flexibility index (Phi) is 11.1. The molecular formula is C38H52N6O2+2. The molecule has 1 fully saturated rings. The van der Waals surface area contributed by atoms with Gasteiger partial charge in [0.15, 0.2) is 0 Å². The Bertz CT molecular complexity index is 1510. The van der Waals surface area contributed by atoms with Gasteiger partial charge in [-0.05, 0) is 61.1 Å². The van der Waals surface area contributed by atoms with Crippen molar-refractivity contribution in [1.29, 1.82) is 0 Å². The molecule has 46 heavy (non-hydrogen) atoms. The van der Waals surface area contributed by atoms with Gasteiger partial charge >= 0.3 is 23.4 Å². The first-order valence-electron chi connectivity index (χ1n) is 17.0. The van der Waals surface area contributed by atoms with Crippen LogP contribution in [0, 0.1) is 0 Å². The summed E-state index contributed by atoms with van der Waals surface area (Å²) in [5.74, 6) is 3.21. The van der Waals surface area contributed by atoms with E-state index >= 15 is 0 Å². The molecule has 8 nitrogen and oxygen atoms in total. The maximum atomic E-state index is 5.82. The number of ether oxygens (including phenoxy) is 2. The van der Waals surface area contributed by atoms with Crippen molar-refractivity contribution in [2.45, 2.75) is 90.1 Å². The first-order valence-corrected chi connectivity index (χ1v) is 17.0. The molecular weight excluding hydrogens is 572 g/mol. The van der Waals surface area contributed by atoms with E-state index in [9.17, 15) is 0 Å². The van der Waals surface area contributed by atoms with Gasteiger partial charge in [0.2, 0.25) is 0 Å². The lowest BCUT2D eigenvalue weighted by Crippen LogP contribution is -2.36. The van der Waals surface area contributed by atoms with Crippen LogP contribution in [-0.4, -0.2) is 35.1 Å². The smallest absolute Gasteiger partial charge is 0.345 e. The maximum Gasteiger partial charge on any atom is 0.345 e. The van der Waals surface area contributed by atoms with Crippen LogP contribution < -0.4 is 9.13 Å². The summed E-state index contributed by atoms with van der Waals surface area (Å²) in [6.45, 7) is 6.31. The fraction of sp³-hybridized carbons (Fsp3) is 0.474. The number of aromatic nitrogens is 4. The van der Waals surface area contributed by atoms with Crippen LogP contribution in [0.2, 0.25) is 0 Å². The first kappa shape index (κ1) is 33.2. The predicted molar refractivity (Wildman–Crippen MR) is 184 cm³/mol. The predicted octanol–water partition coefficient (Wildman–Crippen LogP) is 7.24. The molecule has 0 spiro atoms. The second kappa shape index (κ2) is 15.4. The summed E-state index contributed by atoms with van der Waals surface area (Å²) >= 11 is 0. The topological polar surface area (TPSA) is 60.8 Å². The van der Waals surface area contributed by atoms with Gasteiger partial charge in [-0.1, -0.05) is 70.2 Å². The zero-order chi connectivity index (χ0) is 32.5. The normalized spacial score (nSPS) is 15.3. The molecule has 0 atom stereocenters. The average molecular weight is 625 g/mol. The van der Waals surface area contributed by atoms with Crippen molar-refractivity contribution in [3.8, 4) is 0 Å². The van der Waals surface area contributed by atoms with Crippen molar-refractivity contribution < 1.29 is 18.6 Å². The molecule has 0 amide bonds. The number of hydrogen-bond donors (Lipinski definition) is 0. The molecule has 5 rings (SSSR count). The quantitative estimate of drug-likeness (QED) is 0.0948. The molecule has 244 valence electrons. The fourth-order valence-corrected chi connectivity index (χ4v) is 6.83. The number of rotatable bonds is 12. The zero-order valence-corrected chi connectivity index (χ0v) is 28.7. The minimum absolute atomic E-state index is 0.0283. The largest absolute Gasteiger partial charge is 0.475 e. The van der Waals surface area contributed by atoms with Crippen LogP contribution in [0.1, 0.15) is 94.4 Å². The molecule has 0 bridgehead atoms. The summed E-state index contributed by atoms with van der Waals surface area (Å²) in [6.07, 6.45) is 18.8. The van der Waals surface area contributed by atoms with Crippen LogP contribution in [0.25, 0.3) is 0 Å². The number of nitrogens with zero attached hydrogens (tertiary/aromatic N) is 6. The van der Waals surface area contributed by atoms with E-state index in [1.807, 2.05) is 14.1 Å². The highest BCUT2D eigenvalue weighted by Gasteiger charge is 2.36. The van der Waals surface area contributed by atoms with E-state index in [0.29, 0.717) is 11.8 Å². The van der Waals surface area contributed by atoms with Crippen LogP contribution in [-0.2, 0) is 42.1 Å². The van der Waals surface area contributed by atoms with E-state index in [1.54, 1.807) is 14.2 Å². The highest BCUT2D eigenvalue weighted by atomic mass is 16.5. The molecule has 8 heteroatoms. The SMILES string of the molecule is CCCCn1cc[n+](C)c1/C(=N/c1ccc(C2(c3ccc(/N=C(\OC)c4n(CCCC)cc[n+]4C)cc3)CCCCC2)cc1)OC. The zero-order valence-electron chi connectivity index (χ0n) is 28.7. The summed E-state index contributed by atoms with van der Waals surface area (Å²) in [7, 11) is 7.49. The number of aryl methyl sites for hydroxylation is 4. The van der Waals surface area contributed by atoms with Gasteiger partial charge in [0.25, 0.3) is 0 Å². The Morgan fingerprint density at radius 2 is 1.09 bits per heavy atom. The molecule has 0 unspecified atom stereocenters. The standard InChI is InChI=1S/C38H52N6O2/c1-7-9-24-43-28-26-41(3)36(43)34(45-5)39-32-18-14-30(15-19-32)38(22-12-11-13-23-38)31-16-20-33(21-17-31)40-35(46-6)37-42(4)27-29-44(37)25-10-8-2/h14-21,26-29H,7-13,22-25H2,1-6H3/q+2/b39-34-,40-35-. The Hall–Kier alpha value is -4.20. The lowest BCUT2D eigenvalue weighted by molar-refractivity contribution is -0.673. The second-order valence-electron chi connectivity index (χ2n) is 12.5. The van der Waals surface area contributed by atoms with E-state index in [-0.39, 0.29) is 5.41 Å². The van der Waals surface area contributed by atoms with Gasteiger partial charge < -0.3 is 9.47 Å². The van der Waals surface area contributed by atoms with Crippen LogP contribution in [0.3, 0.4) is 0 Å². The first-order chi connectivity index (χ1) is 22.4. The third kappa shape index (κ3) is 7.11. The summed E-state index contributed by atoms with van der Waals surface area (Å²) in [6, 6.07) is 17.6. The summed E-state index contributed by atoms with van der Waals surface area (Å²) in [4.78, 5) is 9.90. The third-order valence-corrected chi connectivity index (χ3v) is 9.44. The molecule has 2 aromatic heterocycles. The molecule has 0 N–H and O–H groups in total. The van der Waals surface area contributed by atoms with E-state index in [1.165, 1.54) is 30.4 Å². The van der Waals surface area contributed by atoms with Crippen molar-refractivity contribution in [2.75, 3.05) is 14.2 Å². The van der Waals surface area contributed by atoms with Crippen LogP contribution in [0.5, 0.6) is 0 Å². The minimum Gasteiger partial charge on any atom is -0.475 e. The van der Waals surface area contributed by atoms with Gasteiger partial charge in [-0.25, -0.2) is 28.3 Å². The maximum absolute atomic E-state index is 5.82. The molecule has 2 aromatic carbocycles. The molecule has 0 radical (unpaired) electrons. The summed E-state index contributed by atoms with van der Waals surface area (Å²) in [5, 5.41) is 0. The van der Waals surface area contributed by atoms with Gasteiger partial charge in [0, 0.05) is 5.41 Å². The minimum atomic E-state index is -0.0283. The second-order valence-corrected chi connectivity index (χ2v) is 12.5. The van der Waals surface area contributed by atoms with Gasteiger partial charge in [-0.15, -0.1) is 0 Å². The van der Waals surface area contributed by atoms with Crippen molar-refractivity contribution in [3.63, 3.8) is 0 Å².